The van der Waals surface area contributed by atoms with Gasteiger partial charge >= 0.3 is 5.97 Å². The van der Waals surface area contributed by atoms with E-state index in [1.165, 1.54) is 18.6 Å². The van der Waals surface area contributed by atoms with E-state index in [9.17, 15) is 4.79 Å². The Hall–Kier alpha value is -1.00. The summed E-state index contributed by atoms with van der Waals surface area (Å²) >= 11 is 1.88. The predicted octanol–water partition coefficient (Wildman–Crippen LogP) is 3.00. The Kier molecular flexibility index (Phi) is 7.60. The number of thioether (sulfide) groups is 1. The third kappa shape index (κ3) is 6.12. The Bertz CT molecular complexity index is 395. The Morgan fingerprint density at radius 1 is 1.26 bits per heavy atom. The summed E-state index contributed by atoms with van der Waals surface area (Å²) in [5, 5.41) is 9.12. The van der Waals surface area contributed by atoms with Crippen LogP contribution in [0.25, 0.3) is 0 Å². The SMILES string of the molecule is CSCCCCN(C)CCc1ccccc1C(=O)O. The van der Waals surface area contributed by atoms with Gasteiger partial charge in [-0.05, 0) is 56.5 Å². The smallest absolute Gasteiger partial charge is 0.335 e. The molecule has 0 radical (unpaired) electrons. The summed E-state index contributed by atoms with van der Waals surface area (Å²) in [5.74, 6) is 0.383. The average Bonchev–Trinajstić information content (AvgIpc) is 2.41. The summed E-state index contributed by atoms with van der Waals surface area (Å²) in [5.41, 5.74) is 1.35. The van der Waals surface area contributed by atoms with E-state index in [0.717, 1.165) is 25.1 Å². The fraction of sp³-hybridized carbons (Fsp3) is 0.533. The summed E-state index contributed by atoms with van der Waals surface area (Å²) in [7, 11) is 2.10. The van der Waals surface area contributed by atoms with Crippen LogP contribution >= 0.6 is 11.8 Å². The van der Waals surface area contributed by atoms with Crippen molar-refractivity contribution in [2.75, 3.05) is 32.1 Å². The molecule has 3 nitrogen and oxygen atoms in total. The first-order valence-corrected chi connectivity index (χ1v) is 8.03. The number of hydrogen-bond acceptors (Lipinski definition) is 3. The molecule has 0 unspecified atom stereocenters. The number of unbranched alkanes of at least 4 members (excludes halogenated alkanes) is 1. The van der Waals surface area contributed by atoms with E-state index < -0.39 is 5.97 Å². The van der Waals surface area contributed by atoms with E-state index in [-0.39, 0.29) is 0 Å². The highest BCUT2D eigenvalue weighted by molar-refractivity contribution is 7.98. The van der Waals surface area contributed by atoms with Crippen LogP contribution in [0.5, 0.6) is 0 Å². The van der Waals surface area contributed by atoms with Crippen molar-refractivity contribution in [3.63, 3.8) is 0 Å². The molecule has 0 aliphatic heterocycles. The van der Waals surface area contributed by atoms with E-state index in [2.05, 4.69) is 18.2 Å². The van der Waals surface area contributed by atoms with Crippen molar-refractivity contribution in [3.05, 3.63) is 35.4 Å². The molecule has 0 aromatic heterocycles. The van der Waals surface area contributed by atoms with Gasteiger partial charge in [0.1, 0.15) is 0 Å². The molecule has 1 N–H and O–H groups in total. The largest absolute Gasteiger partial charge is 0.478 e. The fourth-order valence-electron chi connectivity index (χ4n) is 2.00. The lowest BCUT2D eigenvalue weighted by atomic mass is 10.0. The van der Waals surface area contributed by atoms with Crippen LogP contribution in [-0.2, 0) is 6.42 Å². The maximum atomic E-state index is 11.1. The second-order valence-corrected chi connectivity index (χ2v) is 5.70. The van der Waals surface area contributed by atoms with Crippen LogP contribution in [0.1, 0.15) is 28.8 Å². The first kappa shape index (κ1) is 16.1. The molecule has 0 fully saturated rings. The summed E-state index contributed by atoms with van der Waals surface area (Å²) in [6.07, 6.45) is 5.38. The lowest BCUT2D eigenvalue weighted by Crippen LogP contribution is -2.23. The van der Waals surface area contributed by atoms with Crippen molar-refractivity contribution in [2.24, 2.45) is 0 Å². The van der Waals surface area contributed by atoms with Gasteiger partial charge in [0.15, 0.2) is 0 Å². The van der Waals surface area contributed by atoms with Crippen molar-refractivity contribution < 1.29 is 9.90 Å². The summed E-state index contributed by atoms with van der Waals surface area (Å²) in [6, 6.07) is 7.26. The number of carboxylic acid groups (broad SMARTS) is 1. The highest BCUT2D eigenvalue weighted by Crippen LogP contribution is 2.10. The Balaban J connectivity index is 2.37. The zero-order valence-corrected chi connectivity index (χ0v) is 12.6. The van der Waals surface area contributed by atoms with Crippen molar-refractivity contribution in [3.8, 4) is 0 Å². The van der Waals surface area contributed by atoms with Gasteiger partial charge in [-0.1, -0.05) is 18.2 Å². The van der Waals surface area contributed by atoms with Gasteiger partial charge < -0.3 is 10.0 Å². The fourth-order valence-corrected chi connectivity index (χ4v) is 2.49. The Morgan fingerprint density at radius 2 is 2.00 bits per heavy atom. The second-order valence-electron chi connectivity index (χ2n) is 4.72. The van der Waals surface area contributed by atoms with Crippen LogP contribution < -0.4 is 0 Å². The number of carbonyl (C=O) groups is 1. The lowest BCUT2D eigenvalue weighted by molar-refractivity contribution is 0.0695. The van der Waals surface area contributed by atoms with Crippen LogP contribution in [0, 0.1) is 0 Å². The molecule has 0 atom stereocenters. The number of likely N-dealkylation sites (N-methyl/N-ethyl adjacent to an activating group) is 1. The molecule has 0 bridgehead atoms. The van der Waals surface area contributed by atoms with Gasteiger partial charge in [-0.25, -0.2) is 4.79 Å². The lowest BCUT2D eigenvalue weighted by Gasteiger charge is -2.17. The third-order valence-corrected chi connectivity index (χ3v) is 3.85. The molecule has 4 heteroatoms. The van der Waals surface area contributed by atoms with E-state index in [1.807, 2.05) is 23.9 Å². The molecule has 0 amide bonds. The molecule has 0 aliphatic rings. The molecule has 1 aromatic rings. The summed E-state index contributed by atoms with van der Waals surface area (Å²) in [6.45, 7) is 1.99. The molecular weight excluding hydrogens is 258 g/mol. The molecule has 0 saturated carbocycles. The Labute approximate surface area is 120 Å². The normalized spacial score (nSPS) is 10.9. The quantitative estimate of drug-likeness (QED) is 0.706. The molecule has 1 aromatic carbocycles. The van der Waals surface area contributed by atoms with Crippen molar-refractivity contribution in [2.45, 2.75) is 19.3 Å². The van der Waals surface area contributed by atoms with E-state index in [1.54, 1.807) is 12.1 Å². The van der Waals surface area contributed by atoms with Crippen molar-refractivity contribution in [1.29, 1.82) is 0 Å². The molecule has 0 saturated heterocycles. The third-order valence-electron chi connectivity index (χ3n) is 3.15. The van der Waals surface area contributed by atoms with Gasteiger partial charge in [0.2, 0.25) is 0 Å². The zero-order valence-electron chi connectivity index (χ0n) is 11.8. The van der Waals surface area contributed by atoms with Gasteiger partial charge in [-0.3, -0.25) is 0 Å². The van der Waals surface area contributed by atoms with Gasteiger partial charge in [0.05, 0.1) is 5.56 Å². The van der Waals surface area contributed by atoms with Gasteiger partial charge in [0, 0.05) is 6.54 Å². The molecule has 1 rings (SSSR count). The first-order chi connectivity index (χ1) is 9.15. The average molecular weight is 281 g/mol. The molecule has 0 spiro atoms. The van der Waals surface area contributed by atoms with Crippen molar-refractivity contribution in [1.82, 2.24) is 4.90 Å². The second kappa shape index (κ2) is 8.99. The van der Waals surface area contributed by atoms with Crippen LogP contribution in [0.2, 0.25) is 0 Å². The van der Waals surface area contributed by atoms with Crippen molar-refractivity contribution >= 4 is 17.7 Å². The summed E-state index contributed by atoms with van der Waals surface area (Å²) in [4.78, 5) is 13.4. The van der Waals surface area contributed by atoms with Gasteiger partial charge in [-0.15, -0.1) is 0 Å². The van der Waals surface area contributed by atoms with Crippen LogP contribution in [0.3, 0.4) is 0 Å². The van der Waals surface area contributed by atoms with Gasteiger partial charge in [-0.2, -0.15) is 11.8 Å². The Morgan fingerprint density at radius 3 is 2.68 bits per heavy atom. The van der Waals surface area contributed by atoms with Crippen LogP contribution in [0.4, 0.5) is 0 Å². The van der Waals surface area contributed by atoms with E-state index in [0.29, 0.717) is 5.56 Å². The molecule has 19 heavy (non-hydrogen) atoms. The van der Waals surface area contributed by atoms with Crippen LogP contribution in [-0.4, -0.2) is 48.1 Å². The maximum Gasteiger partial charge on any atom is 0.335 e. The number of benzene rings is 1. The number of aromatic carboxylic acids is 1. The number of rotatable bonds is 9. The number of nitrogens with zero attached hydrogens (tertiary/aromatic N) is 1. The van der Waals surface area contributed by atoms with Gasteiger partial charge in [0.25, 0.3) is 0 Å². The molecular formula is C15H23NO2S. The highest BCUT2D eigenvalue weighted by atomic mass is 32.2. The minimum Gasteiger partial charge on any atom is -0.478 e. The molecule has 106 valence electrons. The predicted molar refractivity (Wildman–Crippen MR) is 82.2 cm³/mol. The van der Waals surface area contributed by atoms with E-state index in [4.69, 9.17) is 5.11 Å². The minimum absolute atomic E-state index is 0.429. The molecule has 0 aliphatic carbocycles. The topological polar surface area (TPSA) is 40.5 Å². The standard InChI is InChI=1S/C15H23NO2S/c1-16(10-5-6-12-19-2)11-9-13-7-3-4-8-14(13)15(17)18/h3-4,7-8H,5-6,9-12H2,1-2H3,(H,17,18). The monoisotopic (exact) mass is 281 g/mol. The zero-order chi connectivity index (χ0) is 14.1. The highest BCUT2D eigenvalue weighted by Gasteiger charge is 2.09. The minimum atomic E-state index is -0.835. The maximum absolute atomic E-state index is 11.1. The first-order valence-electron chi connectivity index (χ1n) is 6.64. The summed E-state index contributed by atoms with van der Waals surface area (Å²) < 4.78 is 0. The number of carboxylic acids is 1. The molecule has 0 heterocycles. The number of hydrogen-bond donors (Lipinski definition) is 1. The van der Waals surface area contributed by atoms with E-state index >= 15 is 0 Å². The van der Waals surface area contributed by atoms with Crippen LogP contribution in [0.15, 0.2) is 24.3 Å².